The van der Waals surface area contributed by atoms with Gasteiger partial charge in [0.25, 0.3) is 5.91 Å². The average molecular weight is 325 g/mol. The van der Waals surface area contributed by atoms with Crippen molar-refractivity contribution in [3.63, 3.8) is 0 Å². The third-order valence-electron chi connectivity index (χ3n) is 4.71. The molecule has 0 spiro atoms. The number of aryl methyl sites for hydroxylation is 1. The zero-order valence-corrected chi connectivity index (χ0v) is 14.2. The van der Waals surface area contributed by atoms with Crippen molar-refractivity contribution in [2.75, 3.05) is 13.1 Å². The molecule has 1 amide bonds. The first-order valence-corrected chi connectivity index (χ1v) is 8.36. The maximum absolute atomic E-state index is 12.7. The number of carbonyl (C=O) groups is 1. The summed E-state index contributed by atoms with van der Waals surface area (Å²) in [6.45, 7) is 5.04. The number of likely N-dealkylation sites (tertiary alicyclic amines) is 1. The molecule has 0 saturated carbocycles. The fourth-order valence-corrected chi connectivity index (χ4v) is 3.01. The Kier molecular flexibility index (Phi) is 4.74. The van der Waals surface area contributed by atoms with E-state index < -0.39 is 0 Å². The van der Waals surface area contributed by atoms with Crippen LogP contribution in [0.4, 0.5) is 0 Å². The second kappa shape index (κ2) is 6.95. The van der Waals surface area contributed by atoms with E-state index in [1.807, 2.05) is 50.2 Å². The fourth-order valence-electron chi connectivity index (χ4n) is 3.01. The van der Waals surface area contributed by atoms with Gasteiger partial charge in [-0.05, 0) is 43.2 Å². The summed E-state index contributed by atoms with van der Waals surface area (Å²) < 4.78 is 5.96. The third kappa shape index (κ3) is 3.37. The van der Waals surface area contributed by atoms with Crippen molar-refractivity contribution >= 4 is 5.91 Å². The van der Waals surface area contributed by atoms with Gasteiger partial charge < -0.3 is 14.7 Å². The van der Waals surface area contributed by atoms with Gasteiger partial charge in [0.05, 0.1) is 5.56 Å². The Hall–Kier alpha value is -2.49. The highest BCUT2D eigenvalue weighted by Crippen LogP contribution is 2.27. The summed E-state index contributed by atoms with van der Waals surface area (Å²) in [6, 6.07) is 13.4. The Labute approximate surface area is 142 Å². The number of hydrogen-bond acceptors (Lipinski definition) is 3. The van der Waals surface area contributed by atoms with Crippen molar-refractivity contribution in [3.8, 4) is 11.5 Å². The van der Waals surface area contributed by atoms with Gasteiger partial charge in [-0.1, -0.05) is 24.3 Å². The summed E-state index contributed by atoms with van der Waals surface area (Å²) in [5.41, 5.74) is 2.14. The normalized spacial score (nSPS) is 15.3. The predicted molar refractivity (Wildman–Crippen MR) is 93.6 cm³/mol. The van der Waals surface area contributed by atoms with Crippen LogP contribution in [0.2, 0.25) is 0 Å². The van der Waals surface area contributed by atoms with Gasteiger partial charge in [0.15, 0.2) is 0 Å². The van der Waals surface area contributed by atoms with E-state index >= 15 is 0 Å². The first-order chi connectivity index (χ1) is 11.6. The number of amides is 1. The van der Waals surface area contributed by atoms with Crippen molar-refractivity contribution in [3.05, 3.63) is 59.2 Å². The van der Waals surface area contributed by atoms with Gasteiger partial charge >= 0.3 is 0 Å². The molecule has 1 heterocycles. The molecular weight excluding hydrogens is 302 g/mol. The lowest BCUT2D eigenvalue weighted by atomic mass is 10.0. The van der Waals surface area contributed by atoms with Crippen molar-refractivity contribution in [2.45, 2.75) is 32.8 Å². The molecule has 0 atom stereocenters. The molecule has 24 heavy (non-hydrogen) atoms. The molecule has 2 aromatic rings. The Balaban J connectivity index is 1.62. The number of aromatic hydroxyl groups is 1. The van der Waals surface area contributed by atoms with Crippen LogP contribution in [0.15, 0.2) is 42.5 Å². The highest BCUT2D eigenvalue weighted by atomic mass is 16.5. The SMILES string of the molecule is Cc1ccc(C(=O)N2CCC(Oc3ccccc3)CC2)c(O)c1C. The molecule has 0 radical (unpaired) electrons. The lowest BCUT2D eigenvalue weighted by Gasteiger charge is -2.32. The zero-order valence-electron chi connectivity index (χ0n) is 14.2. The van der Waals surface area contributed by atoms with Crippen LogP contribution in [0.25, 0.3) is 0 Å². The van der Waals surface area contributed by atoms with Crippen LogP contribution in [0.1, 0.15) is 34.3 Å². The van der Waals surface area contributed by atoms with Crippen LogP contribution in [-0.2, 0) is 0 Å². The standard InChI is InChI=1S/C20H23NO3/c1-14-8-9-18(19(22)15(14)2)20(23)21-12-10-17(11-13-21)24-16-6-4-3-5-7-16/h3-9,17,22H,10-13H2,1-2H3. The topological polar surface area (TPSA) is 49.8 Å². The number of nitrogens with zero attached hydrogens (tertiary/aromatic N) is 1. The second-order valence-corrected chi connectivity index (χ2v) is 6.33. The molecule has 4 heteroatoms. The Bertz CT molecular complexity index is 719. The number of para-hydroxylation sites is 1. The number of benzene rings is 2. The van der Waals surface area contributed by atoms with E-state index in [1.165, 1.54) is 0 Å². The number of phenolic OH excluding ortho intramolecular Hbond substituents is 1. The van der Waals surface area contributed by atoms with E-state index in [-0.39, 0.29) is 17.8 Å². The smallest absolute Gasteiger partial charge is 0.257 e. The van der Waals surface area contributed by atoms with E-state index in [0.717, 1.165) is 29.7 Å². The van der Waals surface area contributed by atoms with Crippen LogP contribution in [0.5, 0.6) is 11.5 Å². The first kappa shape index (κ1) is 16.4. The van der Waals surface area contributed by atoms with E-state index in [4.69, 9.17) is 4.74 Å². The number of ether oxygens (including phenoxy) is 1. The number of piperidine rings is 1. The quantitative estimate of drug-likeness (QED) is 0.936. The molecular formula is C20H23NO3. The molecule has 0 aromatic heterocycles. The molecule has 0 unspecified atom stereocenters. The van der Waals surface area contributed by atoms with Gasteiger partial charge in [-0.15, -0.1) is 0 Å². The molecule has 1 N–H and O–H groups in total. The molecule has 3 rings (SSSR count). The minimum Gasteiger partial charge on any atom is -0.507 e. The van der Waals surface area contributed by atoms with Gasteiger partial charge in [-0.3, -0.25) is 4.79 Å². The molecule has 126 valence electrons. The van der Waals surface area contributed by atoms with Gasteiger partial charge in [-0.25, -0.2) is 0 Å². The maximum atomic E-state index is 12.7. The van der Waals surface area contributed by atoms with Crippen LogP contribution >= 0.6 is 0 Å². The van der Waals surface area contributed by atoms with Crippen LogP contribution in [-0.4, -0.2) is 35.1 Å². The monoisotopic (exact) mass is 325 g/mol. The molecule has 1 aliphatic heterocycles. The van der Waals surface area contributed by atoms with Gasteiger partial charge in [0.2, 0.25) is 0 Å². The molecule has 1 aliphatic rings. The van der Waals surface area contributed by atoms with Crippen molar-refractivity contribution < 1.29 is 14.6 Å². The average Bonchev–Trinajstić information content (AvgIpc) is 2.61. The minimum absolute atomic E-state index is 0.0997. The Morgan fingerprint density at radius 3 is 2.42 bits per heavy atom. The van der Waals surface area contributed by atoms with Gasteiger partial charge in [0.1, 0.15) is 17.6 Å². The van der Waals surface area contributed by atoms with Gasteiger partial charge in [-0.2, -0.15) is 0 Å². The summed E-state index contributed by atoms with van der Waals surface area (Å²) in [5, 5.41) is 10.3. The lowest BCUT2D eigenvalue weighted by Crippen LogP contribution is -2.41. The summed E-state index contributed by atoms with van der Waals surface area (Å²) in [6.07, 6.45) is 1.73. The maximum Gasteiger partial charge on any atom is 0.257 e. The van der Waals surface area contributed by atoms with Crippen LogP contribution in [0, 0.1) is 13.8 Å². The molecule has 4 nitrogen and oxygen atoms in total. The summed E-state index contributed by atoms with van der Waals surface area (Å²) in [7, 11) is 0. The first-order valence-electron chi connectivity index (χ1n) is 8.36. The third-order valence-corrected chi connectivity index (χ3v) is 4.71. The summed E-state index contributed by atoms with van der Waals surface area (Å²) >= 11 is 0. The zero-order chi connectivity index (χ0) is 17.1. The summed E-state index contributed by atoms with van der Waals surface area (Å²) in [5.74, 6) is 0.866. The predicted octanol–water partition coefficient (Wildman–Crippen LogP) is 3.69. The highest BCUT2D eigenvalue weighted by molar-refractivity contribution is 5.97. The van der Waals surface area contributed by atoms with Crippen LogP contribution < -0.4 is 4.74 Å². The van der Waals surface area contributed by atoms with Crippen molar-refractivity contribution in [1.82, 2.24) is 4.90 Å². The lowest BCUT2D eigenvalue weighted by molar-refractivity contribution is 0.0593. The van der Waals surface area contributed by atoms with Crippen LogP contribution in [0.3, 0.4) is 0 Å². The largest absolute Gasteiger partial charge is 0.507 e. The Morgan fingerprint density at radius 1 is 1.08 bits per heavy atom. The molecule has 0 aliphatic carbocycles. The molecule has 2 aromatic carbocycles. The van der Waals surface area contributed by atoms with E-state index in [9.17, 15) is 9.90 Å². The number of phenols is 1. The number of rotatable bonds is 3. The highest BCUT2D eigenvalue weighted by Gasteiger charge is 2.26. The molecule has 1 saturated heterocycles. The summed E-state index contributed by atoms with van der Waals surface area (Å²) in [4.78, 5) is 14.5. The van der Waals surface area contributed by atoms with Crippen molar-refractivity contribution in [1.29, 1.82) is 0 Å². The number of carbonyl (C=O) groups excluding carboxylic acids is 1. The van der Waals surface area contributed by atoms with E-state index in [2.05, 4.69) is 0 Å². The number of hydrogen-bond donors (Lipinski definition) is 1. The van der Waals surface area contributed by atoms with E-state index in [0.29, 0.717) is 18.7 Å². The molecule has 1 fully saturated rings. The van der Waals surface area contributed by atoms with Gasteiger partial charge in [0, 0.05) is 25.9 Å². The minimum atomic E-state index is -0.103. The Morgan fingerprint density at radius 2 is 1.75 bits per heavy atom. The van der Waals surface area contributed by atoms with Crippen molar-refractivity contribution in [2.24, 2.45) is 0 Å². The second-order valence-electron chi connectivity index (χ2n) is 6.33. The molecule has 0 bridgehead atoms. The fraction of sp³-hybridized carbons (Fsp3) is 0.350. The van der Waals surface area contributed by atoms with E-state index in [1.54, 1.807) is 11.0 Å².